The van der Waals surface area contributed by atoms with Gasteiger partial charge in [0.1, 0.15) is 12.0 Å². The van der Waals surface area contributed by atoms with Gasteiger partial charge in [-0.3, -0.25) is 0 Å². The third-order valence-corrected chi connectivity index (χ3v) is 2.20. The Bertz CT molecular complexity index is 451. The molecule has 0 spiro atoms. The van der Waals surface area contributed by atoms with Crippen LogP contribution in [-0.4, -0.2) is 12.3 Å². The van der Waals surface area contributed by atoms with Crippen LogP contribution in [0.2, 0.25) is 0 Å². The number of hydrogen-bond donors (Lipinski definition) is 1. The van der Waals surface area contributed by atoms with Gasteiger partial charge in [0.05, 0.1) is 7.11 Å². The van der Waals surface area contributed by atoms with Gasteiger partial charge < -0.3 is 15.0 Å². The highest BCUT2D eigenvalue weighted by molar-refractivity contribution is 5.40. The van der Waals surface area contributed by atoms with Crippen LogP contribution in [-0.2, 0) is 6.42 Å². The Morgan fingerprint density at radius 1 is 1.47 bits per heavy atom. The fourth-order valence-electron chi connectivity index (χ4n) is 1.40. The first-order chi connectivity index (χ1) is 7.29. The minimum Gasteiger partial charge on any atom is -0.497 e. The lowest BCUT2D eigenvalue weighted by Gasteiger charge is -2.02. The summed E-state index contributed by atoms with van der Waals surface area (Å²) in [5.41, 5.74) is 7.63. The Morgan fingerprint density at radius 3 is 3.00 bits per heavy atom. The summed E-state index contributed by atoms with van der Waals surface area (Å²) in [5, 5.41) is 3.63. The second-order valence-electron chi connectivity index (χ2n) is 3.25. The predicted octanol–water partition coefficient (Wildman–Crippen LogP) is 1.86. The van der Waals surface area contributed by atoms with Crippen LogP contribution in [0, 0.1) is 0 Å². The average Bonchev–Trinajstić information content (AvgIpc) is 2.65. The zero-order chi connectivity index (χ0) is 10.7. The molecule has 15 heavy (non-hydrogen) atoms. The number of nitrogens with two attached hydrogens (primary N) is 1. The molecule has 0 atom stereocenters. The van der Waals surface area contributed by atoms with E-state index < -0.39 is 0 Å². The number of methoxy groups -OCH3 is 1. The van der Waals surface area contributed by atoms with Crippen molar-refractivity contribution in [1.82, 2.24) is 5.16 Å². The highest BCUT2D eigenvalue weighted by atomic mass is 16.5. The van der Waals surface area contributed by atoms with E-state index in [2.05, 4.69) is 5.16 Å². The molecule has 1 heterocycles. The summed E-state index contributed by atoms with van der Waals surface area (Å²) in [5.74, 6) is 1.28. The lowest BCUT2D eigenvalue weighted by Crippen LogP contribution is -1.93. The Kier molecular flexibility index (Phi) is 2.58. The smallest absolute Gasteiger partial charge is 0.170 e. The van der Waals surface area contributed by atoms with Gasteiger partial charge in [0, 0.05) is 12.0 Å². The summed E-state index contributed by atoms with van der Waals surface area (Å²) >= 11 is 0. The van der Waals surface area contributed by atoms with Crippen LogP contribution in [0.25, 0.3) is 0 Å². The topological polar surface area (TPSA) is 61.3 Å². The van der Waals surface area contributed by atoms with Crippen LogP contribution in [0.4, 0.5) is 5.82 Å². The lowest BCUT2D eigenvalue weighted by molar-refractivity contribution is 0.414. The van der Waals surface area contributed by atoms with Crippen molar-refractivity contribution in [2.45, 2.75) is 6.42 Å². The highest BCUT2D eigenvalue weighted by Crippen LogP contribution is 2.18. The third kappa shape index (κ3) is 2.10. The molecule has 2 N–H and O–H groups in total. The average molecular weight is 204 g/mol. The first kappa shape index (κ1) is 9.58. The Balaban J connectivity index is 2.21. The molecule has 0 bridgehead atoms. The maximum absolute atomic E-state index is 5.62. The monoisotopic (exact) mass is 204 g/mol. The van der Waals surface area contributed by atoms with Crippen molar-refractivity contribution < 1.29 is 9.26 Å². The zero-order valence-electron chi connectivity index (χ0n) is 8.43. The number of hydrogen-bond acceptors (Lipinski definition) is 4. The van der Waals surface area contributed by atoms with E-state index in [-0.39, 0.29) is 0 Å². The van der Waals surface area contributed by atoms with Gasteiger partial charge in [0.2, 0.25) is 0 Å². The predicted molar refractivity (Wildman–Crippen MR) is 56.7 cm³/mol. The largest absolute Gasteiger partial charge is 0.497 e. The molecular weight excluding hydrogens is 192 g/mol. The molecule has 1 aromatic carbocycles. The molecule has 0 aliphatic heterocycles. The summed E-state index contributed by atoms with van der Waals surface area (Å²) in [4.78, 5) is 0. The fraction of sp³-hybridized carbons (Fsp3) is 0.182. The van der Waals surface area contributed by atoms with E-state index in [4.69, 9.17) is 15.0 Å². The summed E-state index contributed by atoms with van der Waals surface area (Å²) < 4.78 is 9.90. The molecule has 78 valence electrons. The standard InChI is InChI=1S/C11H12N2O2/c1-14-10-4-2-3-8(6-10)5-9-7-15-13-11(9)12/h2-4,6-7H,5H2,1H3,(H2,12,13). The number of ether oxygens (including phenoxy) is 1. The molecule has 0 aliphatic rings. The molecule has 0 saturated heterocycles. The highest BCUT2D eigenvalue weighted by Gasteiger charge is 2.05. The van der Waals surface area contributed by atoms with E-state index in [0.717, 1.165) is 16.9 Å². The van der Waals surface area contributed by atoms with Crippen molar-refractivity contribution in [1.29, 1.82) is 0 Å². The molecule has 2 rings (SSSR count). The summed E-state index contributed by atoms with van der Waals surface area (Å²) in [6.45, 7) is 0. The number of benzene rings is 1. The normalized spacial score (nSPS) is 10.2. The molecule has 0 unspecified atom stereocenters. The number of rotatable bonds is 3. The van der Waals surface area contributed by atoms with E-state index in [0.29, 0.717) is 12.2 Å². The molecule has 2 aromatic rings. The molecule has 4 heteroatoms. The number of nitrogen functional groups attached to an aromatic ring is 1. The minimum absolute atomic E-state index is 0.442. The van der Waals surface area contributed by atoms with Crippen molar-refractivity contribution in [2.75, 3.05) is 12.8 Å². The molecule has 4 nitrogen and oxygen atoms in total. The van der Waals surface area contributed by atoms with E-state index >= 15 is 0 Å². The van der Waals surface area contributed by atoms with Gasteiger partial charge in [-0.05, 0) is 17.7 Å². The van der Waals surface area contributed by atoms with E-state index in [9.17, 15) is 0 Å². The van der Waals surface area contributed by atoms with Gasteiger partial charge in [-0.2, -0.15) is 0 Å². The molecule has 0 radical (unpaired) electrons. The van der Waals surface area contributed by atoms with Crippen LogP contribution >= 0.6 is 0 Å². The van der Waals surface area contributed by atoms with Crippen LogP contribution in [0.15, 0.2) is 35.1 Å². The van der Waals surface area contributed by atoms with Crippen molar-refractivity contribution in [3.63, 3.8) is 0 Å². The summed E-state index contributed by atoms with van der Waals surface area (Å²) in [6.07, 6.45) is 2.27. The maximum Gasteiger partial charge on any atom is 0.170 e. The second kappa shape index (κ2) is 4.04. The van der Waals surface area contributed by atoms with Crippen molar-refractivity contribution in [3.8, 4) is 5.75 Å². The molecule has 0 amide bonds. The van der Waals surface area contributed by atoms with E-state index in [1.54, 1.807) is 13.4 Å². The number of aromatic nitrogens is 1. The summed E-state index contributed by atoms with van der Waals surface area (Å²) in [7, 11) is 1.65. The van der Waals surface area contributed by atoms with E-state index in [1.165, 1.54) is 0 Å². The van der Waals surface area contributed by atoms with Crippen LogP contribution in [0.3, 0.4) is 0 Å². The second-order valence-corrected chi connectivity index (χ2v) is 3.25. The van der Waals surface area contributed by atoms with E-state index in [1.807, 2.05) is 24.3 Å². The van der Waals surface area contributed by atoms with Gasteiger partial charge in [-0.15, -0.1) is 0 Å². The van der Waals surface area contributed by atoms with Gasteiger partial charge >= 0.3 is 0 Å². The zero-order valence-corrected chi connectivity index (χ0v) is 8.43. The van der Waals surface area contributed by atoms with Gasteiger partial charge in [0.25, 0.3) is 0 Å². The van der Waals surface area contributed by atoms with Crippen molar-refractivity contribution in [3.05, 3.63) is 41.7 Å². The first-order valence-corrected chi connectivity index (χ1v) is 4.61. The maximum atomic E-state index is 5.62. The SMILES string of the molecule is COc1cccc(Cc2conc2N)c1. The fourth-order valence-corrected chi connectivity index (χ4v) is 1.40. The number of anilines is 1. The van der Waals surface area contributed by atoms with Gasteiger partial charge in [-0.1, -0.05) is 17.3 Å². The van der Waals surface area contributed by atoms with Crippen LogP contribution < -0.4 is 10.5 Å². The van der Waals surface area contributed by atoms with Gasteiger partial charge in [0.15, 0.2) is 5.82 Å². The minimum atomic E-state index is 0.442. The van der Waals surface area contributed by atoms with Gasteiger partial charge in [-0.25, -0.2) is 0 Å². The van der Waals surface area contributed by atoms with Crippen LogP contribution in [0.5, 0.6) is 5.75 Å². The van der Waals surface area contributed by atoms with Crippen molar-refractivity contribution in [2.24, 2.45) is 0 Å². The first-order valence-electron chi connectivity index (χ1n) is 4.61. The molecular formula is C11H12N2O2. The molecule has 0 fully saturated rings. The molecule has 0 saturated carbocycles. The lowest BCUT2D eigenvalue weighted by atomic mass is 10.1. The molecule has 1 aromatic heterocycles. The number of nitrogens with zero attached hydrogens (tertiary/aromatic N) is 1. The third-order valence-electron chi connectivity index (χ3n) is 2.20. The molecule has 0 aliphatic carbocycles. The quantitative estimate of drug-likeness (QED) is 0.828. The van der Waals surface area contributed by atoms with Crippen LogP contribution in [0.1, 0.15) is 11.1 Å². The summed E-state index contributed by atoms with van der Waals surface area (Å²) in [6, 6.07) is 7.82. The Morgan fingerprint density at radius 2 is 2.33 bits per heavy atom. The van der Waals surface area contributed by atoms with Crippen molar-refractivity contribution >= 4 is 5.82 Å². The Labute approximate surface area is 87.6 Å². The Hall–Kier alpha value is -1.97.